The van der Waals surface area contributed by atoms with Gasteiger partial charge in [0.15, 0.2) is 17.5 Å². The van der Waals surface area contributed by atoms with E-state index in [-0.39, 0.29) is 0 Å². The lowest BCUT2D eigenvalue weighted by Crippen LogP contribution is -2.00. The molecule has 0 bridgehead atoms. The molecule has 0 amide bonds. The molecule has 2 heterocycles. The Balaban J connectivity index is 1.09. The van der Waals surface area contributed by atoms with Gasteiger partial charge in [-0.25, -0.2) is 15.0 Å². The molecular weight excluding hydrogens is 663 g/mol. The molecule has 8 aromatic carbocycles. The van der Waals surface area contributed by atoms with Crippen LogP contribution in [0.4, 0.5) is 0 Å². The highest BCUT2D eigenvalue weighted by Crippen LogP contribution is 2.40. The predicted octanol–water partition coefficient (Wildman–Crippen LogP) is 13.4. The summed E-state index contributed by atoms with van der Waals surface area (Å²) in [7, 11) is 0. The first-order chi connectivity index (χ1) is 26.2. The lowest BCUT2D eigenvalue weighted by molar-refractivity contribution is 1.08. The molecule has 53 heavy (non-hydrogen) atoms. The Morgan fingerprint density at radius 3 is 1.45 bits per heavy atom. The van der Waals surface area contributed by atoms with Crippen molar-refractivity contribution in [2.24, 2.45) is 0 Å². The highest BCUT2D eigenvalue weighted by molar-refractivity contribution is 7.26. The zero-order valence-corrected chi connectivity index (χ0v) is 29.5. The second kappa shape index (κ2) is 13.1. The van der Waals surface area contributed by atoms with Crippen molar-refractivity contribution in [3.8, 4) is 67.5 Å². The van der Waals surface area contributed by atoms with Crippen molar-refractivity contribution in [2.45, 2.75) is 0 Å². The summed E-state index contributed by atoms with van der Waals surface area (Å²) in [6, 6.07) is 66.4. The van der Waals surface area contributed by atoms with Crippen LogP contribution in [0.5, 0.6) is 0 Å². The SMILES string of the molecule is c1ccc(-c2ccc(-c3ccc4ccc(-c5nc(-c6ccc(-c7ccccc7)cc6)nc(-c6cccc7c6sc6ccccc67)n5)cc4c3)cc2)cc1. The van der Waals surface area contributed by atoms with Gasteiger partial charge in [-0.15, -0.1) is 11.3 Å². The van der Waals surface area contributed by atoms with Crippen LogP contribution in [-0.4, -0.2) is 15.0 Å². The lowest BCUT2D eigenvalue weighted by atomic mass is 9.97. The highest BCUT2D eigenvalue weighted by Gasteiger charge is 2.17. The fourth-order valence-corrected chi connectivity index (χ4v) is 8.38. The van der Waals surface area contributed by atoms with Gasteiger partial charge in [-0.3, -0.25) is 0 Å². The van der Waals surface area contributed by atoms with Crippen molar-refractivity contribution in [1.82, 2.24) is 15.0 Å². The third kappa shape index (κ3) is 5.85. The molecule has 0 atom stereocenters. The van der Waals surface area contributed by atoms with E-state index in [0.717, 1.165) is 27.6 Å². The minimum Gasteiger partial charge on any atom is -0.208 e. The topological polar surface area (TPSA) is 38.7 Å². The van der Waals surface area contributed by atoms with E-state index in [4.69, 9.17) is 15.0 Å². The Morgan fingerprint density at radius 2 is 0.774 bits per heavy atom. The number of aromatic nitrogens is 3. The van der Waals surface area contributed by atoms with Crippen molar-refractivity contribution in [2.75, 3.05) is 0 Å². The van der Waals surface area contributed by atoms with Crippen molar-refractivity contribution in [1.29, 1.82) is 0 Å². The first-order valence-corrected chi connectivity index (χ1v) is 18.6. The van der Waals surface area contributed by atoms with Crippen LogP contribution >= 0.6 is 11.3 Å². The van der Waals surface area contributed by atoms with Crippen LogP contribution in [0.1, 0.15) is 0 Å². The zero-order chi connectivity index (χ0) is 35.1. The summed E-state index contributed by atoms with van der Waals surface area (Å²) in [4.78, 5) is 15.5. The van der Waals surface area contributed by atoms with E-state index >= 15 is 0 Å². The molecule has 2 aromatic heterocycles. The Labute approximate surface area is 311 Å². The maximum atomic E-state index is 5.20. The molecule has 10 rings (SSSR count). The van der Waals surface area contributed by atoms with Gasteiger partial charge in [0.2, 0.25) is 0 Å². The third-order valence-corrected chi connectivity index (χ3v) is 11.2. The molecule has 0 unspecified atom stereocenters. The molecule has 248 valence electrons. The second-order valence-electron chi connectivity index (χ2n) is 13.3. The first-order valence-electron chi connectivity index (χ1n) is 17.8. The van der Waals surface area contributed by atoms with E-state index in [1.54, 1.807) is 11.3 Å². The number of thiophene rings is 1. The van der Waals surface area contributed by atoms with Gasteiger partial charge in [0, 0.05) is 36.9 Å². The van der Waals surface area contributed by atoms with Gasteiger partial charge in [0.25, 0.3) is 0 Å². The van der Waals surface area contributed by atoms with Crippen LogP contribution in [0.2, 0.25) is 0 Å². The minimum atomic E-state index is 0.648. The van der Waals surface area contributed by atoms with Crippen molar-refractivity contribution < 1.29 is 0 Å². The van der Waals surface area contributed by atoms with Gasteiger partial charge >= 0.3 is 0 Å². The lowest BCUT2D eigenvalue weighted by Gasteiger charge is -2.11. The van der Waals surface area contributed by atoms with E-state index in [1.807, 2.05) is 6.07 Å². The fourth-order valence-electron chi connectivity index (χ4n) is 7.17. The summed E-state index contributed by atoms with van der Waals surface area (Å²) >= 11 is 1.79. The summed E-state index contributed by atoms with van der Waals surface area (Å²) in [6.45, 7) is 0. The average Bonchev–Trinajstić information content (AvgIpc) is 3.63. The van der Waals surface area contributed by atoms with Crippen LogP contribution in [0, 0.1) is 0 Å². The van der Waals surface area contributed by atoms with Crippen LogP contribution in [0.25, 0.3) is 98.5 Å². The molecule has 10 aromatic rings. The Morgan fingerprint density at radius 1 is 0.302 bits per heavy atom. The Kier molecular flexibility index (Phi) is 7.67. The third-order valence-electron chi connectivity index (χ3n) is 9.95. The van der Waals surface area contributed by atoms with Crippen LogP contribution in [0.3, 0.4) is 0 Å². The van der Waals surface area contributed by atoms with Gasteiger partial charge in [0.1, 0.15) is 0 Å². The molecular formula is C49H31N3S. The number of fused-ring (bicyclic) bond motifs is 4. The second-order valence-corrected chi connectivity index (χ2v) is 14.3. The summed E-state index contributed by atoms with van der Waals surface area (Å²) in [5.74, 6) is 1.96. The molecule has 0 aliphatic carbocycles. The van der Waals surface area contributed by atoms with E-state index in [2.05, 4.69) is 182 Å². The van der Waals surface area contributed by atoms with E-state index in [9.17, 15) is 0 Å². The number of benzene rings is 8. The molecule has 0 N–H and O–H groups in total. The number of hydrogen-bond donors (Lipinski definition) is 0. The highest BCUT2D eigenvalue weighted by atomic mass is 32.1. The fraction of sp³-hybridized carbons (Fsp3) is 0. The number of rotatable bonds is 6. The molecule has 0 saturated heterocycles. The van der Waals surface area contributed by atoms with Crippen molar-refractivity contribution in [3.05, 3.63) is 188 Å². The normalized spacial score (nSPS) is 11.4. The van der Waals surface area contributed by atoms with Gasteiger partial charge in [0.05, 0.1) is 0 Å². The summed E-state index contributed by atoms with van der Waals surface area (Å²) in [6.07, 6.45) is 0. The van der Waals surface area contributed by atoms with Gasteiger partial charge < -0.3 is 0 Å². The summed E-state index contributed by atoms with van der Waals surface area (Å²) < 4.78 is 2.43. The zero-order valence-electron chi connectivity index (χ0n) is 28.6. The smallest absolute Gasteiger partial charge is 0.165 e. The standard InChI is InChI=1S/C49H31N3S/c1-3-10-32(11-4-1)34-18-20-36(21-19-34)39-28-24-37-25-29-40(31-41(37)30-39)48-50-47(38-26-22-35(23-27-38)33-12-5-2-6-13-33)51-49(52-48)44-16-9-15-43-42-14-7-8-17-45(42)53-46(43)44/h1-31H. The Bertz CT molecular complexity index is 2910. The van der Waals surface area contributed by atoms with Crippen LogP contribution in [-0.2, 0) is 0 Å². The van der Waals surface area contributed by atoms with Gasteiger partial charge in [-0.1, -0.05) is 164 Å². The van der Waals surface area contributed by atoms with E-state index in [1.165, 1.54) is 53.4 Å². The van der Waals surface area contributed by atoms with Gasteiger partial charge in [-0.05, 0) is 68.4 Å². The molecule has 0 aliphatic rings. The molecule has 3 nitrogen and oxygen atoms in total. The predicted molar refractivity (Wildman–Crippen MR) is 223 cm³/mol. The summed E-state index contributed by atoms with van der Waals surface area (Å²) in [5.41, 5.74) is 10.0. The van der Waals surface area contributed by atoms with Crippen LogP contribution < -0.4 is 0 Å². The quantitative estimate of drug-likeness (QED) is 0.174. The van der Waals surface area contributed by atoms with E-state index in [0.29, 0.717) is 17.5 Å². The minimum absolute atomic E-state index is 0.648. The Hall–Kier alpha value is -6.75. The first kappa shape index (κ1) is 31.0. The summed E-state index contributed by atoms with van der Waals surface area (Å²) in [5, 5.41) is 4.77. The molecule has 0 aliphatic heterocycles. The molecule has 0 fully saturated rings. The monoisotopic (exact) mass is 693 g/mol. The number of nitrogens with zero attached hydrogens (tertiary/aromatic N) is 3. The number of hydrogen-bond acceptors (Lipinski definition) is 4. The average molecular weight is 694 g/mol. The van der Waals surface area contributed by atoms with Crippen LogP contribution in [0.15, 0.2) is 188 Å². The maximum absolute atomic E-state index is 5.20. The largest absolute Gasteiger partial charge is 0.208 e. The molecule has 0 saturated carbocycles. The molecule has 0 spiro atoms. The maximum Gasteiger partial charge on any atom is 0.165 e. The van der Waals surface area contributed by atoms with Crippen molar-refractivity contribution >= 4 is 42.3 Å². The molecule has 0 radical (unpaired) electrons. The van der Waals surface area contributed by atoms with Gasteiger partial charge in [-0.2, -0.15) is 0 Å². The van der Waals surface area contributed by atoms with E-state index < -0.39 is 0 Å². The van der Waals surface area contributed by atoms with Crippen molar-refractivity contribution in [3.63, 3.8) is 0 Å². The molecule has 4 heteroatoms.